The summed E-state index contributed by atoms with van der Waals surface area (Å²) in [4.78, 5) is 4.62. The zero-order chi connectivity index (χ0) is 11.7. The molecule has 0 radical (unpaired) electrons. The fourth-order valence-corrected chi connectivity index (χ4v) is 2.25. The highest BCUT2D eigenvalue weighted by atomic mass is 79.9. The molecular weight excluding hydrogens is 268 g/mol. The van der Waals surface area contributed by atoms with Gasteiger partial charge in [-0.3, -0.25) is 0 Å². The minimum atomic E-state index is 0.690. The highest BCUT2D eigenvalue weighted by molar-refractivity contribution is 9.10. The van der Waals surface area contributed by atoms with E-state index in [0.717, 1.165) is 42.0 Å². The van der Waals surface area contributed by atoms with Gasteiger partial charge in [-0.1, -0.05) is 0 Å². The Labute approximate surface area is 104 Å². The fourth-order valence-electron chi connectivity index (χ4n) is 1.92. The monoisotopic (exact) mass is 284 g/mol. The van der Waals surface area contributed by atoms with Crippen molar-refractivity contribution in [2.45, 2.75) is 0 Å². The summed E-state index contributed by atoms with van der Waals surface area (Å²) in [6.45, 7) is 4.16. The lowest BCUT2D eigenvalue weighted by atomic mass is 10.2. The number of anilines is 3. The van der Waals surface area contributed by atoms with E-state index in [0.29, 0.717) is 5.69 Å². The molecule has 0 bridgehead atoms. The van der Waals surface area contributed by atoms with Crippen LogP contribution in [0.3, 0.4) is 0 Å². The molecule has 88 valence electrons. The Morgan fingerprint density at radius 1 is 1.06 bits per heavy atom. The molecule has 0 spiro atoms. The Morgan fingerprint density at radius 2 is 1.69 bits per heavy atom. The molecule has 0 unspecified atom stereocenters. The van der Waals surface area contributed by atoms with Crippen molar-refractivity contribution in [3.8, 4) is 0 Å². The maximum absolute atomic E-state index is 6.00. The van der Waals surface area contributed by atoms with Crippen molar-refractivity contribution in [1.82, 2.24) is 4.90 Å². The molecule has 1 fully saturated rings. The van der Waals surface area contributed by atoms with Crippen LogP contribution in [0.4, 0.5) is 17.1 Å². The molecule has 1 heterocycles. The first-order valence-electron chi connectivity index (χ1n) is 5.36. The van der Waals surface area contributed by atoms with Crippen molar-refractivity contribution in [2.75, 3.05) is 49.6 Å². The molecule has 1 aromatic carbocycles. The summed E-state index contributed by atoms with van der Waals surface area (Å²) in [6, 6.07) is 3.83. The van der Waals surface area contributed by atoms with Crippen LogP contribution in [-0.4, -0.2) is 38.1 Å². The summed E-state index contributed by atoms with van der Waals surface area (Å²) >= 11 is 3.44. The third-order valence-corrected chi connectivity index (χ3v) is 3.68. The molecule has 5 heteroatoms. The van der Waals surface area contributed by atoms with E-state index >= 15 is 0 Å². The largest absolute Gasteiger partial charge is 0.398 e. The first kappa shape index (κ1) is 11.5. The molecular formula is C11H17BrN4. The van der Waals surface area contributed by atoms with Crippen molar-refractivity contribution in [1.29, 1.82) is 0 Å². The standard InChI is InChI=1S/C11H17BrN4/c1-15-2-4-16(5-3-15)11-6-8(12)9(13)7-10(11)14/h6-7H,2-5,13-14H2,1H3. The predicted octanol–water partition coefficient (Wildman–Crippen LogP) is 1.37. The third-order valence-electron chi connectivity index (χ3n) is 2.99. The van der Waals surface area contributed by atoms with Crippen LogP contribution in [0.1, 0.15) is 0 Å². The average molecular weight is 285 g/mol. The maximum atomic E-state index is 6.00. The zero-order valence-corrected chi connectivity index (χ0v) is 11.0. The van der Waals surface area contributed by atoms with Crippen LogP contribution in [-0.2, 0) is 0 Å². The second kappa shape index (κ2) is 4.51. The van der Waals surface area contributed by atoms with Crippen LogP contribution < -0.4 is 16.4 Å². The number of nitrogens with two attached hydrogens (primary N) is 2. The smallest absolute Gasteiger partial charge is 0.0613 e. The van der Waals surface area contributed by atoms with Gasteiger partial charge in [-0.05, 0) is 35.1 Å². The van der Waals surface area contributed by atoms with Gasteiger partial charge in [0, 0.05) is 36.3 Å². The topological polar surface area (TPSA) is 58.5 Å². The summed E-state index contributed by atoms with van der Waals surface area (Å²) < 4.78 is 0.913. The minimum Gasteiger partial charge on any atom is -0.398 e. The summed E-state index contributed by atoms with van der Waals surface area (Å²) in [7, 11) is 2.14. The van der Waals surface area contributed by atoms with E-state index in [1.165, 1.54) is 0 Å². The Balaban J connectivity index is 2.23. The fraction of sp³-hybridized carbons (Fsp3) is 0.455. The molecule has 0 aliphatic carbocycles. The number of likely N-dealkylation sites (N-methyl/N-ethyl adjacent to an activating group) is 1. The van der Waals surface area contributed by atoms with Crippen molar-refractivity contribution in [3.63, 3.8) is 0 Å². The first-order chi connectivity index (χ1) is 7.58. The van der Waals surface area contributed by atoms with Crippen molar-refractivity contribution >= 4 is 33.0 Å². The molecule has 16 heavy (non-hydrogen) atoms. The van der Waals surface area contributed by atoms with Crippen LogP contribution in [0.25, 0.3) is 0 Å². The second-order valence-corrected chi connectivity index (χ2v) is 5.08. The zero-order valence-electron chi connectivity index (χ0n) is 9.41. The van der Waals surface area contributed by atoms with E-state index in [2.05, 4.69) is 32.8 Å². The molecule has 1 aliphatic heterocycles. The van der Waals surface area contributed by atoms with Crippen LogP contribution in [0.2, 0.25) is 0 Å². The molecule has 0 atom stereocenters. The minimum absolute atomic E-state index is 0.690. The highest BCUT2D eigenvalue weighted by Gasteiger charge is 2.17. The maximum Gasteiger partial charge on any atom is 0.0613 e. The predicted molar refractivity (Wildman–Crippen MR) is 72.7 cm³/mol. The van der Waals surface area contributed by atoms with E-state index in [9.17, 15) is 0 Å². The quantitative estimate of drug-likeness (QED) is 0.765. The van der Waals surface area contributed by atoms with Gasteiger partial charge in [0.1, 0.15) is 0 Å². The average Bonchev–Trinajstić information content (AvgIpc) is 2.25. The Kier molecular flexibility index (Phi) is 3.25. The van der Waals surface area contributed by atoms with Gasteiger partial charge in [-0.25, -0.2) is 0 Å². The van der Waals surface area contributed by atoms with Gasteiger partial charge in [-0.2, -0.15) is 0 Å². The Hall–Kier alpha value is -0.940. The molecule has 4 nitrogen and oxygen atoms in total. The van der Waals surface area contributed by atoms with Crippen molar-refractivity contribution < 1.29 is 0 Å². The van der Waals surface area contributed by atoms with E-state index in [1.54, 1.807) is 0 Å². The molecule has 0 aromatic heterocycles. The van der Waals surface area contributed by atoms with Gasteiger partial charge >= 0.3 is 0 Å². The SMILES string of the molecule is CN1CCN(c2cc(Br)c(N)cc2N)CC1. The normalized spacial score (nSPS) is 17.8. The number of nitrogen functional groups attached to an aromatic ring is 2. The van der Waals surface area contributed by atoms with Crippen LogP contribution in [0.15, 0.2) is 16.6 Å². The highest BCUT2D eigenvalue weighted by Crippen LogP contribution is 2.32. The van der Waals surface area contributed by atoms with Gasteiger partial charge in [0.15, 0.2) is 0 Å². The summed E-state index contributed by atoms with van der Waals surface area (Å²) in [5, 5.41) is 0. The van der Waals surface area contributed by atoms with Crippen molar-refractivity contribution in [3.05, 3.63) is 16.6 Å². The molecule has 1 aromatic rings. The van der Waals surface area contributed by atoms with Gasteiger partial charge in [0.05, 0.1) is 11.4 Å². The van der Waals surface area contributed by atoms with Gasteiger partial charge < -0.3 is 21.3 Å². The van der Waals surface area contributed by atoms with Crippen molar-refractivity contribution in [2.24, 2.45) is 0 Å². The van der Waals surface area contributed by atoms with E-state index < -0.39 is 0 Å². The number of hydrogen-bond acceptors (Lipinski definition) is 4. The lowest BCUT2D eigenvalue weighted by molar-refractivity contribution is 0.313. The van der Waals surface area contributed by atoms with Crippen LogP contribution in [0, 0.1) is 0 Å². The molecule has 0 saturated carbocycles. The van der Waals surface area contributed by atoms with Gasteiger partial charge in [0.2, 0.25) is 0 Å². The number of rotatable bonds is 1. The molecule has 4 N–H and O–H groups in total. The summed E-state index contributed by atoms with van der Waals surface area (Å²) in [5.41, 5.74) is 14.3. The number of piperazine rings is 1. The number of hydrogen-bond donors (Lipinski definition) is 2. The van der Waals surface area contributed by atoms with Gasteiger partial charge in [-0.15, -0.1) is 0 Å². The lowest BCUT2D eigenvalue weighted by Crippen LogP contribution is -2.44. The lowest BCUT2D eigenvalue weighted by Gasteiger charge is -2.34. The third kappa shape index (κ3) is 2.25. The van der Waals surface area contributed by atoms with Crippen LogP contribution >= 0.6 is 15.9 Å². The Bertz CT molecular complexity index is 386. The second-order valence-electron chi connectivity index (χ2n) is 4.22. The number of nitrogens with zero attached hydrogens (tertiary/aromatic N) is 2. The molecule has 0 amide bonds. The first-order valence-corrected chi connectivity index (χ1v) is 6.15. The van der Waals surface area contributed by atoms with Gasteiger partial charge in [0.25, 0.3) is 0 Å². The Morgan fingerprint density at radius 3 is 2.31 bits per heavy atom. The molecule has 1 aliphatic rings. The number of benzene rings is 1. The van der Waals surface area contributed by atoms with E-state index in [4.69, 9.17) is 11.5 Å². The van der Waals surface area contributed by atoms with E-state index in [-0.39, 0.29) is 0 Å². The van der Waals surface area contributed by atoms with Crippen LogP contribution in [0.5, 0.6) is 0 Å². The number of halogens is 1. The molecule has 1 saturated heterocycles. The molecule has 2 rings (SSSR count). The summed E-state index contributed by atoms with van der Waals surface area (Å²) in [6.07, 6.45) is 0. The van der Waals surface area contributed by atoms with E-state index in [1.807, 2.05) is 12.1 Å². The summed E-state index contributed by atoms with van der Waals surface area (Å²) in [5.74, 6) is 0.